The van der Waals surface area contributed by atoms with Crippen LogP contribution in [0.15, 0.2) is 216 Å². The molecule has 0 spiro atoms. The number of aromatic nitrogens is 1. The number of hydrogen-bond acceptors (Lipinski definition) is 2. The topological polar surface area (TPSA) is 30.4 Å². The van der Waals surface area contributed by atoms with Crippen LogP contribution in [0.4, 0.5) is 0 Å². The van der Waals surface area contributed by atoms with Crippen molar-refractivity contribution in [3.63, 3.8) is 0 Å². The molecule has 3 heteroatoms. The van der Waals surface area contributed by atoms with Gasteiger partial charge in [0.2, 0.25) is 0 Å². The van der Waals surface area contributed by atoms with Gasteiger partial charge in [-0.3, -0.25) is 4.99 Å². The van der Waals surface area contributed by atoms with E-state index in [2.05, 4.69) is 218 Å². The highest BCUT2D eigenvalue weighted by atomic mass is 16.3. The van der Waals surface area contributed by atoms with Crippen molar-refractivity contribution in [2.75, 3.05) is 0 Å². The molecule has 64 heavy (non-hydrogen) atoms. The van der Waals surface area contributed by atoms with E-state index in [1.165, 1.54) is 87.3 Å². The van der Waals surface area contributed by atoms with E-state index in [0.29, 0.717) is 0 Å². The lowest BCUT2D eigenvalue weighted by atomic mass is 9.78. The summed E-state index contributed by atoms with van der Waals surface area (Å²) in [4.78, 5) is 5.88. The van der Waals surface area contributed by atoms with Crippen LogP contribution in [0.25, 0.3) is 92.9 Å². The summed E-state index contributed by atoms with van der Waals surface area (Å²) in [7, 11) is 0. The smallest absolute Gasteiger partial charge is 0.137 e. The highest BCUT2D eigenvalue weighted by Crippen LogP contribution is 2.47. The second-order valence-corrected chi connectivity index (χ2v) is 17.8. The lowest BCUT2D eigenvalue weighted by molar-refractivity contribution is 0.510. The van der Waals surface area contributed by atoms with Crippen LogP contribution in [-0.2, 0) is 0 Å². The van der Waals surface area contributed by atoms with Crippen molar-refractivity contribution in [1.29, 1.82) is 0 Å². The van der Waals surface area contributed by atoms with Gasteiger partial charge in [0.15, 0.2) is 0 Å². The van der Waals surface area contributed by atoms with Crippen LogP contribution in [-0.4, -0.2) is 10.3 Å². The molecule has 0 aliphatic carbocycles. The van der Waals surface area contributed by atoms with Gasteiger partial charge in [-0.25, -0.2) is 0 Å². The summed E-state index contributed by atoms with van der Waals surface area (Å²) in [5.74, 6) is 0.237. The molecule has 0 amide bonds. The quantitative estimate of drug-likeness (QED) is 0.159. The maximum Gasteiger partial charge on any atom is 0.137 e. The Morgan fingerprint density at radius 2 is 1.14 bits per heavy atom. The van der Waals surface area contributed by atoms with Gasteiger partial charge in [-0.1, -0.05) is 165 Å². The summed E-state index contributed by atoms with van der Waals surface area (Å²) in [5, 5.41) is 12.4. The lowest BCUT2D eigenvalue weighted by Crippen LogP contribution is -2.20. The molecule has 0 saturated carbocycles. The molecular weight excluding hydrogens is 777 g/mol. The summed E-state index contributed by atoms with van der Waals surface area (Å²) >= 11 is 0. The van der Waals surface area contributed by atoms with Gasteiger partial charge < -0.3 is 8.98 Å². The largest absolute Gasteiger partial charge is 0.456 e. The molecule has 12 aromatic rings. The van der Waals surface area contributed by atoms with Gasteiger partial charge in [0, 0.05) is 39.2 Å². The number of rotatable bonds is 5. The molecule has 1 aliphatic heterocycles. The first-order chi connectivity index (χ1) is 31.6. The molecule has 10 aromatic carbocycles. The van der Waals surface area contributed by atoms with E-state index in [1.807, 2.05) is 0 Å². The first kappa shape index (κ1) is 36.9. The fourth-order valence-electron chi connectivity index (χ4n) is 11.1. The maximum absolute atomic E-state index is 6.88. The van der Waals surface area contributed by atoms with Crippen molar-refractivity contribution in [3.05, 3.63) is 223 Å². The van der Waals surface area contributed by atoms with Crippen molar-refractivity contribution in [2.45, 2.75) is 31.7 Å². The Balaban J connectivity index is 1.03. The van der Waals surface area contributed by atoms with E-state index in [4.69, 9.17) is 9.41 Å². The third kappa shape index (κ3) is 5.92. The van der Waals surface area contributed by atoms with Crippen LogP contribution in [0.3, 0.4) is 0 Å². The Morgan fingerprint density at radius 1 is 0.453 bits per heavy atom. The molecule has 3 atom stereocenters. The van der Waals surface area contributed by atoms with Gasteiger partial charge in [-0.15, -0.1) is 0 Å². The molecule has 0 radical (unpaired) electrons. The van der Waals surface area contributed by atoms with Crippen LogP contribution in [0.1, 0.15) is 48.4 Å². The molecule has 0 fully saturated rings. The lowest BCUT2D eigenvalue weighted by Gasteiger charge is -2.26. The first-order valence-electron chi connectivity index (χ1n) is 22.7. The second kappa shape index (κ2) is 14.7. The third-order valence-corrected chi connectivity index (χ3v) is 14.2. The predicted molar refractivity (Wildman–Crippen MR) is 269 cm³/mol. The number of benzene rings is 10. The summed E-state index contributed by atoms with van der Waals surface area (Å²) < 4.78 is 9.34. The Kier molecular flexibility index (Phi) is 8.45. The van der Waals surface area contributed by atoms with Crippen molar-refractivity contribution in [1.82, 2.24) is 4.57 Å². The highest BCUT2D eigenvalue weighted by molar-refractivity contribution is 6.15. The van der Waals surface area contributed by atoms with Gasteiger partial charge in [0.05, 0.1) is 22.8 Å². The van der Waals surface area contributed by atoms with E-state index in [9.17, 15) is 0 Å². The Hall–Kier alpha value is -7.75. The highest BCUT2D eigenvalue weighted by Gasteiger charge is 2.33. The molecular formula is C61H44N2O. The number of aliphatic imine (C=N–C) groups is 1. The molecule has 1 aliphatic rings. The van der Waals surface area contributed by atoms with Crippen LogP contribution in [0.2, 0.25) is 0 Å². The molecule has 2 aromatic heterocycles. The average molecular weight is 821 g/mol. The zero-order chi connectivity index (χ0) is 42.3. The molecule has 3 nitrogen and oxygen atoms in total. The Morgan fingerprint density at radius 3 is 2.02 bits per heavy atom. The minimum atomic E-state index is -0.0101. The van der Waals surface area contributed by atoms with Crippen molar-refractivity contribution < 1.29 is 4.42 Å². The summed E-state index contributed by atoms with van der Waals surface area (Å²) in [6.45, 7) is 2.42. The van der Waals surface area contributed by atoms with Gasteiger partial charge in [0.1, 0.15) is 11.2 Å². The van der Waals surface area contributed by atoms with E-state index in [-0.39, 0.29) is 17.9 Å². The van der Waals surface area contributed by atoms with Crippen molar-refractivity contribution >= 4 is 81.8 Å². The fourth-order valence-corrected chi connectivity index (χ4v) is 11.1. The fraction of sp³-hybridized carbons (Fsp3) is 0.0984. The second-order valence-electron chi connectivity index (χ2n) is 17.8. The molecule has 3 unspecified atom stereocenters. The molecule has 304 valence electrons. The molecule has 0 saturated heterocycles. The molecule has 13 rings (SSSR count). The maximum atomic E-state index is 6.88. The zero-order valence-corrected chi connectivity index (χ0v) is 35.6. The predicted octanol–water partition coefficient (Wildman–Crippen LogP) is 16.6. The van der Waals surface area contributed by atoms with E-state index in [1.54, 1.807) is 0 Å². The van der Waals surface area contributed by atoms with Crippen LogP contribution >= 0.6 is 0 Å². The Labute approximate surface area is 371 Å². The third-order valence-electron chi connectivity index (χ3n) is 14.2. The number of hydrogen-bond donors (Lipinski definition) is 0. The van der Waals surface area contributed by atoms with Gasteiger partial charge in [0.25, 0.3) is 0 Å². The minimum absolute atomic E-state index is 0.0101. The van der Waals surface area contributed by atoms with E-state index < -0.39 is 0 Å². The van der Waals surface area contributed by atoms with Gasteiger partial charge >= 0.3 is 0 Å². The summed E-state index contributed by atoms with van der Waals surface area (Å²) in [6.07, 6.45) is 1.88. The number of furan rings is 1. The number of nitrogens with zero attached hydrogens (tertiary/aromatic N) is 2. The first-order valence-corrected chi connectivity index (χ1v) is 22.7. The average Bonchev–Trinajstić information content (AvgIpc) is 3.83. The van der Waals surface area contributed by atoms with E-state index >= 15 is 0 Å². The zero-order valence-electron chi connectivity index (χ0n) is 35.6. The SMILES string of the molecule is CC1C(c2cccc(-c3ccccc3)c2)=NC(c2ccc3c(ccc4ccccc43)c2)CCC1c1cc(-n2c3ccccc3c3cc4ccccc4cc32)cc2oc3ccccc3c12. The van der Waals surface area contributed by atoms with Crippen molar-refractivity contribution in [2.24, 2.45) is 10.9 Å². The Bertz CT molecular complexity index is 3830. The monoisotopic (exact) mass is 820 g/mol. The normalized spacial score (nSPS) is 17.0. The van der Waals surface area contributed by atoms with Crippen molar-refractivity contribution in [3.8, 4) is 16.8 Å². The summed E-state index contributed by atoms with van der Waals surface area (Å²) in [6, 6.07) is 75.7. The molecule has 0 N–H and O–H groups in total. The number of para-hydroxylation sites is 2. The number of fused-ring (bicyclic) bond motifs is 10. The van der Waals surface area contributed by atoms with Gasteiger partial charge in [-0.05, 0) is 121 Å². The van der Waals surface area contributed by atoms with Crippen LogP contribution in [0.5, 0.6) is 0 Å². The van der Waals surface area contributed by atoms with Crippen LogP contribution < -0.4 is 0 Å². The van der Waals surface area contributed by atoms with Crippen LogP contribution in [0, 0.1) is 5.92 Å². The summed E-state index contributed by atoms with van der Waals surface area (Å²) in [5.41, 5.74) is 12.6. The molecule has 3 heterocycles. The molecule has 0 bridgehead atoms. The standard InChI is InChI=1S/C61H44N2O/c1-38-48(30-31-55(45-28-29-50-44(33-45)27-26-40-16-7-8-21-49(40)50)62-61(38)46-20-13-19-41(32-46)39-14-3-2-4-15-39)54-36-47(37-59-60(54)52-23-10-12-25-58(52)64-59)63-56-24-11-9-22-51(56)53-34-42-17-5-6-18-43(42)35-57(53)63/h2-29,32-38,48,55H,30-31H2,1H3. The van der Waals surface area contributed by atoms with Gasteiger partial charge in [-0.2, -0.15) is 0 Å². The minimum Gasteiger partial charge on any atom is -0.456 e. The van der Waals surface area contributed by atoms with E-state index in [0.717, 1.165) is 40.8 Å².